The van der Waals surface area contributed by atoms with Crippen molar-refractivity contribution in [1.29, 1.82) is 0 Å². The Hall–Kier alpha value is -3.54. The highest BCUT2D eigenvalue weighted by atomic mass is 35.5. The van der Waals surface area contributed by atoms with Gasteiger partial charge in [-0.2, -0.15) is 13.2 Å². The van der Waals surface area contributed by atoms with Crippen molar-refractivity contribution < 1.29 is 27.2 Å². The third-order valence-electron chi connectivity index (χ3n) is 7.36. The van der Waals surface area contributed by atoms with E-state index >= 15 is 0 Å². The first-order valence-electron chi connectivity index (χ1n) is 14.9. The van der Waals surface area contributed by atoms with Crippen molar-refractivity contribution in [1.82, 2.24) is 20.4 Å². The van der Waals surface area contributed by atoms with E-state index in [0.29, 0.717) is 35.1 Å². The minimum atomic E-state index is -4.72. The quantitative estimate of drug-likeness (QED) is 0.181. The minimum Gasteiger partial charge on any atom is -0.369 e. The molecule has 1 atom stereocenters. The van der Waals surface area contributed by atoms with E-state index in [2.05, 4.69) is 26.5 Å². The zero-order valence-corrected chi connectivity index (χ0v) is 27.5. The molecule has 0 aromatic heterocycles. The van der Waals surface area contributed by atoms with Gasteiger partial charge in [-0.05, 0) is 68.3 Å². The van der Waals surface area contributed by atoms with Crippen LogP contribution in [0.5, 0.6) is 0 Å². The van der Waals surface area contributed by atoms with Gasteiger partial charge in [0.05, 0.1) is 21.7 Å². The maximum atomic E-state index is 13.5. The molecule has 1 heterocycles. The standard InChI is InChI=1S/C27H35F4N5O2.C6H4Cl2/c1-19(33-26(38)34(2)3)23-8-4-5-9-24(23)36-14-12-35(13-15-36)11-7-6-10-32-25(37)20-16-21(27(29,30)31)18-22(28)17-20;7-5-3-1-2-4-6(5)8/h4-5,8-9,16-19H,6-7,10-15H2,1-3H3,(H,32,37)(H,33,38);1-4H. The van der Waals surface area contributed by atoms with Crippen molar-refractivity contribution in [3.8, 4) is 0 Å². The van der Waals surface area contributed by atoms with Gasteiger partial charge >= 0.3 is 12.2 Å². The lowest BCUT2D eigenvalue weighted by Gasteiger charge is -2.37. The van der Waals surface area contributed by atoms with Crippen LogP contribution in [-0.4, -0.2) is 75.1 Å². The molecule has 13 heteroatoms. The maximum Gasteiger partial charge on any atom is 0.416 e. The predicted octanol–water partition coefficient (Wildman–Crippen LogP) is 7.50. The summed E-state index contributed by atoms with van der Waals surface area (Å²) < 4.78 is 52.1. The molecule has 1 unspecified atom stereocenters. The molecule has 1 fully saturated rings. The summed E-state index contributed by atoms with van der Waals surface area (Å²) >= 11 is 11.2. The Kier molecular flexibility index (Phi) is 14.0. The molecule has 46 heavy (non-hydrogen) atoms. The van der Waals surface area contributed by atoms with Gasteiger partial charge in [0.2, 0.25) is 0 Å². The smallest absolute Gasteiger partial charge is 0.369 e. The number of anilines is 1. The number of urea groups is 1. The molecule has 2 N–H and O–H groups in total. The molecule has 1 aliphatic rings. The van der Waals surface area contributed by atoms with Gasteiger partial charge in [0, 0.05) is 58.1 Å². The average molecular weight is 685 g/mol. The topological polar surface area (TPSA) is 67.9 Å². The Morgan fingerprint density at radius 3 is 2.11 bits per heavy atom. The first-order valence-corrected chi connectivity index (χ1v) is 15.6. The number of hydrogen-bond acceptors (Lipinski definition) is 4. The molecule has 3 amide bonds. The first kappa shape index (κ1) is 36.9. The van der Waals surface area contributed by atoms with Gasteiger partial charge in [-0.3, -0.25) is 9.69 Å². The summed E-state index contributed by atoms with van der Waals surface area (Å²) in [5.74, 6) is -1.82. The Labute approximate surface area is 277 Å². The van der Waals surface area contributed by atoms with Crippen molar-refractivity contribution in [2.75, 3.05) is 58.3 Å². The summed E-state index contributed by atoms with van der Waals surface area (Å²) in [6.07, 6.45) is -3.26. The molecule has 4 rings (SSSR count). The molecular formula is C33H39Cl2F4N5O2. The maximum absolute atomic E-state index is 13.5. The van der Waals surface area contributed by atoms with Gasteiger partial charge < -0.3 is 20.4 Å². The fourth-order valence-corrected chi connectivity index (χ4v) is 5.11. The number of hydrogen-bond donors (Lipinski definition) is 2. The predicted molar refractivity (Wildman–Crippen MR) is 175 cm³/mol. The minimum absolute atomic E-state index is 0.137. The molecule has 250 valence electrons. The van der Waals surface area contributed by atoms with E-state index in [-0.39, 0.29) is 17.6 Å². The van der Waals surface area contributed by atoms with Crippen LogP contribution in [0.4, 0.5) is 28.0 Å². The average Bonchev–Trinajstić information content (AvgIpc) is 3.02. The van der Waals surface area contributed by atoms with E-state index in [4.69, 9.17) is 23.2 Å². The Balaban J connectivity index is 0.000000625. The van der Waals surface area contributed by atoms with Gasteiger partial charge in [0.25, 0.3) is 5.91 Å². The third kappa shape index (κ3) is 11.4. The number of para-hydroxylation sites is 1. The van der Waals surface area contributed by atoms with Gasteiger partial charge in [-0.15, -0.1) is 0 Å². The summed E-state index contributed by atoms with van der Waals surface area (Å²) in [6, 6.07) is 16.8. The Bertz CT molecular complexity index is 1430. The molecule has 1 saturated heterocycles. The molecule has 3 aromatic rings. The van der Waals surface area contributed by atoms with E-state index in [1.807, 2.05) is 37.3 Å². The highest BCUT2D eigenvalue weighted by Gasteiger charge is 2.32. The zero-order chi connectivity index (χ0) is 33.9. The van der Waals surface area contributed by atoms with Crippen molar-refractivity contribution in [3.63, 3.8) is 0 Å². The molecule has 3 aromatic carbocycles. The number of benzene rings is 3. The van der Waals surface area contributed by atoms with Crippen LogP contribution >= 0.6 is 23.2 Å². The Morgan fingerprint density at radius 1 is 0.913 bits per heavy atom. The molecule has 0 spiro atoms. The molecule has 7 nitrogen and oxygen atoms in total. The van der Waals surface area contributed by atoms with Crippen molar-refractivity contribution in [3.05, 3.63) is 99.3 Å². The fraction of sp³-hybridized carbons (Fsp3) is 0.394. The summed E-state index contributed by atoms with van der Waals surface area (Å²) in [7, 11) is 3.41. The van der Waals surface area contributed by atoms with E-state index in [9.17, 15) is 27.2 Å². The number of alkyl halides is 3. The Morgan fingerprint density at radius 2 is 1.52 bits per heavy atom. The molecular weight excluding hydrogens is 645 g/mol. The fourth-order valence-electron chi connectivity index (χ4n) is 4.83. The number of piperazine rings is 1. The number of nitrogens with one attached hydrogen (secondary N) is 2. The summed E-state index contributed by atoms with van der Waals surface area (Å²) in [4.78, 5) is 30.4. The van der Waals surface area contributed by atoms with Crippen molar-refractivity contribution in [2.24, 2.45) is 0 Å². The number of rotatable bonds is 9. The van der Waals surface area contributed by atoms with Crippen LogP contribution in [0.3, 0.4) is 0 Å². The lowest BCUT2D eigenvalue weighted by Crippen LogP contribution is -2.47. The lowest BCUT2D eigenvalue weighted by molar-refractivity contribution is -0.137. The van der Waals surface area contributed by atoms with E-state index in [0.717, 1.165) is 56.5 Å². The van der Waals surface area contributed by atoms with E-state index in [1.54, 1.807) is 26.2 Å². The van der Waals surface area contributed by atoms with Crippen LogP contribution < -0.4 is 15.5 Å². The van der Waals surface area contributed by atoms with E-state index in [1.165, 1.54) is 4.90 Å². The largest absolute Gasteiger partial charge is 0.416 e. The first-order chi connectivity index (χ1) is 21.8. The van der Waals surface area contributed by atoms with Crippen LogP contribution in [0, 0.1) is 5.82 Å². The van der Waals surface area contributed by atoms with Crippen LogP contribution in [-0.2, 0) is 6.18 Å². The van der Waals surface area contributed by atoms with Gasteiger partial charge in [-0.1, -0.05) is 53.5 Å². The van der Waals surface area contributed by atoms with Crippen LogP contribution in [0.15, 0.2) is 66.7 Å². The van der Waals surface area contributed by atoms with Crippen LogP contribution in [0.2, 0.25) is 10.0 Å². The highest BCUT2D eigenvalue weighted by molar-refractivity contribution is 6.41. The number of carbonyl (C=O) groups excluding carboxylic acids is 2. The monoisotopic (exact) mass is 683 g/mol. The van der Waals surface area contributed by atoms with E-state index < -0.39 is 23.5 Å². The molecule has 1 aliphatic heterocycles. The number of amides is 3. The number of halogens is 6. The summed E-state index contributed by atoms with van der Waals surface area (Å²) in [5.41, 5.74) is 0.640. The SMILES string of the molecule is CC(NC(=O)N(C)C)c1ccccc1N1CCN(CCCCNC(=O)c2cc(F)cc(C(F)(F)F)c2)CC1.Clc1ccccc1Cl. The van der Waals surface area contributed by atoms with Crippen LogP contribution in [0.25, 0.3) is 0 Å². The second-order valence-corrected chi connectivity index (χ2v) is 11.9. The number of carbonyl (C=O) groups is 2. The lowest BCUT2D eigenvalue weighted by atomic mass is 10.0. The summed E-state index contributed by atoms with van der Waals surface area (Å²) in [6.45, 7) is 6.50. The molecule has 0 bridgehead atoms. The highest BCUT2D eigenvalue weighted by Crippen LogP contribution is 2.30. The molecule has 0 aliphatic carbocycles. The van der Waals surface area contributed by atoms with Crippen molar-refractivity contribution in [2.45, 2.75) is 32.0 Å². The molecule has 0 saturated carbocycles. The van der Waals surface area contributed by atoms with Gasteiger partial charge in [0.1, 0.15) is 5.82 Å². The van der Waals surface area contributed by atoms with Crippen molar-refractivity contribution >= 4 is 40.8 Å². The normalized spacial score (nSPS) is 14.2. The third-order valence-corrected chi connectivity index (χ3v) is 8.12. The van der Waals surface area contributed by atoms with Gasteiger partial charge in [0.15, 0.2) is 0 Å². The zero-order valence-electron chi connectivity index (χ0n) is 26.0. The molecule has 0 radical (unpaired) electrons. The van der Waals surface area contributed by atoms with Crippen LogP contribution in [0.1, 0.15) is 47.3 Å². The summed E-state index contributed by atoms with van der Waals surface area (Å²) in [5, 5.41) is 6.79. The van der Waals surface area contributed by atoms with Gasteiger partial charge in [-0.25, -0.2) is 9.18 Å². The second-order valence-electron chi connectivity index (χ2n) is 11.1. The second kappa shape index (κ2) is 17.4. The number of unbranched alkanes of at least 4 members (excludes halogenated alkanes) is 1. The number of nitrogens with zero attached hydrogens (tertiary/aromatic N) is 3.